The normalized spacial score (nSPS) is 18.3. The largest absolute Gasteiger partial charge is 0.380 e. The lowest BCUT2D eigenvalue weighted by Gasteiger charge is -2.56. The number of benzene rings is 1. The van der Waals surface area contributed by atoms with Crippen LogP contribution in [0.15, 0.2) is 46.3 Å². The first kappa shape index (κ1) is 17.5. The fourth-order valence-electron chi connectivity index (χ4n) is 4.28. The number of H-pyrrole nitrogens is 1. The van der Waals surface area contributed by atoms with Gasteiger partial charge >= 0.3 is 0 Å². The van der Waals surface area contributed by atoms with Gasteiger partial charge in [-0.05, 0) is 24.3 Å². The second kappa shape index (κ2) is 5.71. The maximum Gasteiger partial charge on any atom is 0.272 e. The Morgan fingerprint density at radius 3 is 2.54 bits per heavy atom. The van der Waals surface area contributed by atoms with Gasteiger partial charge in [0, 0.05) is 61.0 Å². The highest BCUT2D eigenvalue weighted by Gasteiger charge is 2.49. The highest BCUT2D eigenvalue weighted by molar-refractivity contribution is 7.90. The minimum absolute atomic E-state index is 0.165. The molecule has 2 aromatic heterocycles. The number of nitrogens with one attached hydrogen (secondary N) is 1. The van der Waals surface area contributed by atoms with Crippen LogP contribution in [0, 0.1) is 5.41 Å². The second-order valence-electron chi connectivity index (χ2n) is 8.02. The Morgan fingerprint density at radius 1 is 1.14 bits per heavy atom. The predicted molar refractivity (Wildman–Crippen MR) is 108 cm³/mol. The van der Waals surface area contributed by atoms with E-state index < -0.39 is 9.84 Å². The van der Waals surface area contributed by atoms with Crippen LogP contribution in [0.5, 0.6) is 0 Å². The summed E-state index contributed by atoms with van der Waals surface area (Å²) in [4.78, 5) is 17.6. The molecule has 1 spiro atoms. The predicted octanol–water partition coefficient (Wildman–Crippen LogP) is 1.77. The van der Waals surface area contributed by atoms with E-state index in [1.54, 1.807) is 22.9 Å². The summed E-state index contributed by atoms with van der Waals surface area (Å²) in [6, 6.07) is 7.14. The number of hydrogen-bond donors (Lipinski definition) is 1. The van der Waals surface area contributed by atoms with E-state index in [-0.39, 0.29) is 15.9 Å². The van der Waals surface area contributed by atoms with E-state index in [0.717, 1.165) is 48.5 Å². The number of sulfone groups is 1. The Morgan fingerprint density at radius 2 is 1.89 bits per heavy atom. The summed E-state index contributed by atoms with van der Waals surface area (Å²) in [5.41, 5.74) is 3.25. The summed E-state index contributed by atoms with van der Waals surface area (Å²) >= 11 is 0. The van der Waals surface area contributed by atoms with Gasteiger partial charge in [-0.1, -0.05) is 0 Å². The zero-order valence-corrected chi connectivity index (χ0v) is 16.5. The molecule has 4 heterocycles. The van der Waals surface area contributed by atoms with Crippen LogP contribution < -0.4 is 10.5 Å². The summed E-state index contributed by atoms with van der Waals surface area (Å²) in [6.45, 7) is 3.34. The molecule has 0 aliphatic carbocycles. The topological polar surface area (TPSA) is 84.4 Å². The van der Waals surface area contributed by atoms with Crippen molar-refractivity contribution in [1.29, 1.82) is 0 Å². The molecule has 146 valence electrons. The summed E-state index contributed by atoms with van der Waals surface area (Å²) in [5, 5.41) is 0.806. The number of rotatable bonds is 3. The lowest BCUT2D eigenvalue weighted by molar-refractivity contribution is -0.127. The first-order valence-electron chi connectivity index (χ1n) is 9.11. The smallest absolute Gasteiger partial charge is 0.272 e. The van der Waals surface area contributed by atoms with Crippen LogP contribution in [-0.2, 0) is 21.6 Å². The number of pyridine rings is 1. The average molecular weight is 399 g/mol. The van der Waals surface area contributed by atoms with Crippen molar-refractivity contribution in [3.8, 4) is 11.1 Å². The van der Waals surface area contributed by atoms with Gasteiger partial charge in [-0.2, -0.15) is 0 Å². The quantitative estimate of drug-likeness (QED) is 0.726. The Labute approximate surface area is 162 Å². The van der Waals surface area contributed by atoms with Crippen LogP contribution in [-0.4, -0.2) is 50.5 Å². The van der Waals surface area contributed by atoms with E-state index >= 15 is 0 Å². The molecule has 2 saturated heterocycles. The molecule has 1 N–H and O–H groups in total. The first-order chi connectivity index (χ1) is 13.3. The maximum absolute atomic E-state index is 12.3. The zero-order valence-electron chi connectivity index (χ0n) is 15.7. The summed E-state index contributed by atoms with van der Waals surface area (Å²) in [7, 11) is -1.53. The van der Waals surface area contributed by atoms with Crippen molar-refractivity contribution in [2.75, 3.05) is 37.5 Å². The highest BCUT2D eigenvalue weighted by Crippen LogP contribution is 2.44. The van der Waals surface area contributed by atoms with Crippen LogP contribution in [0.3, 0.4) is 0 Å². The third-order valence-electron chi connectivity index (χ3n) is 5.82. The minimum atomic E-state index is -3.35. The van der Waals surface area contributed by atoms with Crippen molar-refractivity contribution in [2.24, 2.45) is 12.5 Å². The number of hydrogen-bond acceptors (Lipinski definition) is 5. The molecule has 0 saturated carbocycles. The van der Waals surface area contributed by atoms with Gasteiger partial charge in [-0.25, -0.2) is 8.42 Å². The molecule has 2 aliphatic heterocycles. The molecule has 1 aromatic carbocycles. The lowest BCUT2D eigenvalue weighted by Crippen LogP contribution is -2.66. The number of aromatic nitrogens is 2. The molecule has 2 aliphatic rings. The molecule has 0 radical (unpaired) electrons. The van der Waals surface area contributed by atoms with Crippen LogP contribution in [0.1, 0.15) is 0 Å². The van der Waals surface area contributed by atoms with Crippen LogP contribution in [0.25, 0.3) is 22.0 Å². The highest BCUT2D eigenvalue weighted by atomic mass is 32.2. The molecule has 0 bridgehead atoms. The standard InChI is InChI=1S/C20H21N3O4S/c1-22-6-5-14-16(8-21-19(24)18(14)22)15-7-13(28(2,25)26)3-4-17(15)23-9-20(10-23)11-27-12-20/h3-8H,9-12H2,1-2H3,(H,21,24). The fourth-order valence-corrected chi connectivity index (χ4v) is 4.93. The summed E-state index contributed by atoms with van der Waals surface area (Å²) in [6.07, 6.45) is 4.73. The van der Waals surface area contributed by atoms with Crippen molar-refractivity contribution in [2.45, 2.75) is 4.90 Å². The molecule has 28 heavy (non-hydrogen) atoms. The van der Waals surface area contributed by atoms with E-state index in [2.05, 4.69) is 9.88 Å². The minimum Gasteiger partial charge on any atom is -0.380 e. The average Bonchev–Trinajstić information content (AvgIpc) is 2.95. The Hall–Kier alpha value is -2.58. The number of nitrogens with zero attached hydrogens (tertiary/aromatic N) is 2. The Kier molecular flexibility index (Phi) is 3.57. The van der Waals surface area contributed by atoms with Crippen LogP contribution in [0.4, 0.5) is 5.69 Å². The van der Waals surface area contributed by atoms with Gasteiger partial charge in [-0.15, -0.1) is 0 Å². The first-order valence-corrected chi connectivity index (χ1v) is 11.0. The molecule has 3 aromatic rings. The summed E-state index contributed by atoms with van der Waals surface area (Å²) < 4.78 is 31.5. The SMILES string of the molecule is Cn1ccc2c(-c3cc(S(C)(=O)=O)ccc3N3CC4(COC4)C3)c[nH]c(=O)c21. The number of aromatic amines is 1. The van der Waals surface area contributed by atoms with Gasteiger partial charge in [0.1, 0.15) is 5.52 Å². The molecule has 2 fully saturated rings. The molecular weight excluding hydrogens is 378 g/mol. The number of fused-ring (bicyclic) bond motifs is 1. The van der Waals surface area contributed by atoms with Gasteiger partial charge in [0.05, 0.1) is 23.5 Å². The van der Waals surface area contributed by atoms with E-state index in [1.165, 1.54) is 6.26 Å². The second-order valence-corrected chi connectivity index (χ2v) is 10.0. The molecule has 5 rings (SSSR count). The van der Waals surface area contributed by atoms with Crippen molar-refractivity contribution in [3.05, 3.63) is 47.0 Å². The fraction of sp³-hybridized carbons (Fsp3) is 0.350. The molecular formula is C20H21N3O4S. The Balaban J connectivity index is 1.71. The molecule has 0 atom stereocenters. The molecule has 8 heteroatoms. The molecule has 7 nitrogen and oxygen atoms in total. The monoisotopic (exact) mass is 399 g/mol. The zero-order chi connectivity index (χ0) is 19.7. The molecule has 0 unspecified atom stereocenters. The van der Waals surface area contributed by atoms with Crippen LogP contribution >= 0.6 is 0 Å². The van der Waals surface area contributed by atoms with Gasteiger partial charge in [0.15, 0.2) is 9.84 Å². The third-order valence-corrected chi connectivity index (χ3v) is 6.93. The van der Waals surface area contributed by atoms with Crippen molar-refractivity contribution in [1.82, 2.24) is 9.55 Å². The van der Waals surface area contributed by atoms with Crippen molar-refractivity contribution < 1.29 is 13.2 Å². The summed E-state index contributed by atoms with van der Waals surface area (Å²) in [5.74, 6) is 0. The van der Waals surface area contributed by atoms with E-state index in [9.17, 15) is 13.2 Å². The van der Waals surface area contributed by atoms with Gasteiger partial charge < -0.3 is 19.2 Å². The van der Waals surface area contributed by atoms with Crippen LogP contribution in [0.2, 0.25) is 0 Å². The van der Waals surface area contributed by atoms with E-state index in [0.29, 0.717) is 5.52 Å². The molecule has 0 amide bonds. The number of aryl methyl sites for hydroxylation is 1. The van der Waals surface area contributed by atoms with Crippen molar-refractivity contribution in [3.63, 3.8) is 0 Å². The number of ether oxygens (including phenoxy) is 1. The Bertz CT molecular complexity index is 1260. The van der Waals surface area contributed by atoms with Gasteiger partial charge in [0.2, 0.25) is 0 Å². The third kappa shape index (κ3) is 2.51. The number of anilines is 1. The van der Waals surface area contributed by atoms with E-state index in [1.807, 2.05) is 25.4 Å². The maximum atomic E-state index is 12.3. The van der Waals surface area contributed by atoms with Gasteiger partial charge in [0.25, 0.3) is 5.56 Å². The lowest BCUT2D eigenvalue weighted by atomic mass is 9.77. The van der Waals surface area contributed by atoms with Gasteiger partial charge in [-0.3, -0.25) is 4.79 Å². The van der Waals surface area contributed by atoms with E-state index in [4.69, 9.17) is 4.74 Å². The van der Waals surface area contributed by atoms with Crippen molar-refractivity contribution >= 4 is 26.4 Å².